The number of allylic oxidation sites excluding steroid dienone is 2. The average Bonchev–Trinajstić information content (AvgIpc) is 3.23. The van der Waals surface area contributed by atoms with Crippen LogP contribution in [0.2, 0.25) is 0 Å². The Kier molecular flexibility index (Phi) is 34.2. The van der Waals surface area contributed by atoms with Gasteiger partial charge in [0.25, 0.3) is 0 Å². The van der Waals surface area contributed by atoms with E-state index >= 15 is 0 Å². The van der Waals surface area contributed by atoms with Crippen LogP contribution >= 0.6 is 23.5 Å². The molecule has 0 radical (unpaired) electrons. The van der Waals surface area contributed by atoms with Gasteiger partial charge in [-0.3, -0.25) is 27.7 Å². The molecule has 8 atom stereocenters. The maximum atomic E-state index is 13.1. The Bertz CT molecular complexity index is 1420. The van der Waals surface area contributed by atoms with Crippen LogP contribution in [0.1, 0.15) is 194 Å². The van der Waals surface area contributed by atoms with Crippen molar-refractivity contribution in [2.75, 3.05) is 13.2 Å². The van der Waals surface area contributed by atoms with E-state index in [4.69, 9.17) is 18.5 Å². The van der Waals surface area contributed by atoms with Gasteiger partial charge in [0.05, 0.1) is 6.61 Å². The van der Waals surface area contributed by atoms with Crippen molar-refractivity contribution < 1.29 is 90.6 Å². The Morgan fingerprint density at radius 2 is 0.846 bits per heavy atom. The summed E-state index contributed by atoms with van der Waals surface area (Å²) < 4.78 is 65.4. The molecular weight excluding hydrogens is 913 g/mol. The molecule has 384 valence electrons. The summed E-state index contributed by atoms with van der Waals surface area (Å²) in [5.41, 5.74) is 0. The van der Waals surface area contributed by atoms with E-state index < -0.39 is 91.3 Å². The first kappa shape index (κ1) is 61.9. The number of ether oxygens (including phenoxy) is 2. The van der Waals surface area contributed by atoms with Gasteiger partial charge in [0, 0.05) is 12.8 Å². The molecule has 19 nitrogen and oxygen atoms in total. The first-order valence-corrected chi connectivity index (χ1v) is 28.5. The second-order valence-electron chi connectivity index (χ2n) is 17.0. The number of rotatable bonds is 41. The standard InChI is InChI=1S/C43H83O19P3/c1-3-5-7-9-11-13-15-17-18-20-21-23-25-27-29-31-36(44)57-33-35(59-37(45)32-30-28-26-24-22-19-16-14-12-10-8-6-4-2)34-58-65(55,56)62-41-38(46)39(47)42(60-63(49,50)51)43(40(41)48)61-64(52,53)54/h14,16,35,38-43,46-48H,3-13,15,17-34H2,1-2H3,(H,55,56)(H2,49,50,51)(H2,52,53,54)/t35-,38?,39?,40?,41+,42?,43+/m1/s1. The zero-order valence-electron chi connectivity index (χ0n) is 38.8. The third-order valence-electron chi connectivity index (χ3n) is 11.1. The summed E-state index contributed by atoms with van der Waals surface area (Å²) in [6, 6.07) is 0. The molecule has 5 unspecified atom stereocenters. The molecule has 0 aromatic rings. The molecule has 8 N–H and O–H groups in total. The van der Waals surface area contributed by atoms with Crippen LogP contribution in [0.25, 0.3) is 0 Å². The fraction of sp³-hybridized carbons (Fsp3) is 0.907. The maximum absolute atomic E-state index is 13.1. The highest BCUT2D eigenvalue weighted by Gasteiger charge is 2.56. The van der Waals surface area contributed by atoms with Gasteiger partial charge in [-0.1, -0.05) is 154 Å². The number of hydrogen-bond donors (Lipinski definition) is 8. The fourth-order valence-electron chi connectivity index (χ4n) is 7.46. The third kappa shape index (κ3) is 32.4. The zero-order valence-corrected chi connectivity index (χ0v) is 41.5. The van der Waals surface area contributed by atoms with E-state index in [2.05, 4.69) is 35.0 Å². The summed E-state index contributed by atoms with van der Waals surface area (Å²) in [6.07, 6.45) is 16.6. The number of carbonyl (C=O) groups is 2. The Morgan fingerprint density at radius 3 is 1.29 bits per heavy atom. The normalized spacial score (nSPS) is 21.9. The number of aliphatic hydroxyl groups excluding tert-OH is 3. The van der Waals surface area contributed by atoms with Crippen LogP contribution in [0.4, 0.5) is 0 Å². The molecule has 1 aliphatic rings. The maximum Gasteiger partial charge on any atom is 0.472 e. The van der Waals surface area contributed by atoms with Crippen LogP contribution in [0.3, 0.4) is 0 Å². The van der Waals surface area contributed by atoms with Crippen molar-refractivity contribution in [1.82, 2.24) is 0 Å². The number of phosphoric acid groups is 3. The number of carbonyl (C=O) groups excluding carboxylic acids is 2. The lowest BCUT2D eigenvalue weighted by molar-refractivity contribution is -0.213. The van der Waals surface area contributed by atoms with Crippen molar-refractivity contribution in [3.8, 4) is 0 Å². The molecule has 0 aromatic heterocycles. The highest BCUT2D eigenvalue weighted by atomic mass is 31.2. The molecule has 65 heavy (non-hydrogen) atoms. The van der Waals surface area contributed by atoms with Gasteiger partial charge in [-0.15, -0.1) is 0 Å². The summed E-state index contributed by atoms with van der Waals surface area (Å²) in [5, 5.41) is 31.8. The lowest BCUT2D eigenvalue weighted by Gasteiger charge is -2.44. The molecule has 0 saturated heterocycles. The molecule has 0 bridgehead atoms. The summed E-state index contributed by atoms with van der Waals surface area (Å²) in [7, 11) is -16.6. The monoisotopic (exact) mass is 996 g/mol. The molecule has 0 aliphatic heterocycles. The van der Waals surface area contributed by atoms with Crippen LogP contribution in [-0.4, -0.2) is 108 Å². The topological polar surface area (TPSA) is 303 Å². The van der Waals surface area contributed by atoms with Crippen molar-refractivity contribution in [2.24, 2.45) is 0 Å². The van der Waals surface area contributed by atoms with E-state index in [0.29, 0.717) is 12.8 Å². The molecule has 1 rings (SSSR count). The largest absolute Gasteiger partial charge is 0.472 e. The second-order valence-corrected chi connectivity index (χ2v) is 20.8. The first-order chi connectivity index (χ1) is 30.8. The summed E-state index contributed by atoms with van der Waals surface area (Å²) in [5.74, 6) is -1.30. The summed E-state index contributed by atoms with van der Waals surface area (Å²) in [6.45, 7) is 2.93. The fourth-order valence-corrected chi connectivity index (χ4v) is 9.56. The molecule has 22 heteroatoms. The van der Waals surface area contributed by atoms with Crippen molar-refractivity contribution >= 4 is 35.4 Å². The minimum absolute atomic E-state index is 0.00826. The quantitative estimate of drug-likeness (QED) is 0.0123. The van der Waals surface area contributed by atoms with Gasteiger partial charge in [0.1, 0.15) is 43.2 Å². The van der Waals surface area contributed by atoms with Crippen LogP contribution in [0.15, 0.2) is 12.2 Å². The first-order valence-electron chi connectivity index (χ1n) is 24.0. The zero-order chi connectivity index (χ0) is 48.6. The molecule has 1 aliphatic carbocycles. The van der Waals surface area contributed by atoms with Crippen molar-refractivity contribution in [3.05, 3.63) is 12.2 Å². The minimum atomic E-state index is -5.60. The van der Waals surface area contributed by atoms with Crippen molar-refractivity contribution in [3.63, 3.8) is 0 Å². The molecule has 1 fully saturated rings. The number of hydrogen-bond acceptors (Lipinski definition) is 14. The summed E-state index contributed by atoms with van der Waals surface area (Å²) >= 11 is 0. The number of esters is 2. The number of unbranched alkanes of at least 4 members (excludes halogenated alkanes) is 23. The van der Waals surface area contributed by atoms with Crippen molar-refractivity contribution in [1.29, 1.82) is 0 Å². The third-order valence-corrected chi connectivity index (χ3v) is 13.1. The molecule has 0 heterocycles. The van der Waals surface area contributed by atoms with Crippen LogP contribution in [0.5, 0.6) is 0 Å². The molecule has 0 spiro atoms. The molecule has 0 aromatic carbocycles. The van der Waals surface area contributed by atoms with Gasteiger partial charge in [0.15, 0.2) is 6.10 Å². The molecule has 1 saturated carbocycles. The second kappa shape index (κ2) is 35.9. The van der Waals surface area contributed by atoms with Gasteiger partial charge in [-0.2, -0.15) is 0 Å². The lowest BCUT2D eigenvalue weighted by atomic mass is 9.85. The van der Waals surface area contributed by atoms with Crippen LogP contribution in [-0.2, 0) is 50.9 Å². The van der Waals surface area contributed by atoms with E-state index in [9.17, 15) is 63.1 Å². The molecule has 0 amide bonds. The molecular formula is C43H83O19P3. The number of aliphatic hydroxyl groups is 3. The van der Waals surface area contributed by atoms with E-state index in [1.54, 1.807) is 0 Å². The van der Waals surface area contributed by atoms with Gasteiger partial charge < -0.3 is 49.3 Å². The number of phosphoric ester groups is 3. The Labute approximate surface area is 386 Å². The van der Waals surface area contributed by atoms with Crippen LogP contribution < -0.4 is 0 Å². The SMILES string of the molecule is CCCCCCC=CCCCCCCCC(=O)O[C@H](COC(=O)CCCCCCCCCCCCCCCCC)COP(=O)(O)O[C@H]1C(O)C(O)C(OP(=O)(O)O)[C@@H](OP(=O)(O)O)C1O. The van der Waals surface area contributed by atoms with Gasteiger partial charge >= 0.3 is 35.4 Å². The lowest BCUT2D eigenvalue weighted by Crippen LogP contribution is -2.65. The Hall–Kier alpha value is -1.11. The summed E-state index contributed by atoms with van der Waals surface area (Å²) in [4.78, 5) is 73.1. The van der Waals surface area contributed by atoms with E-state index in [1.165, 1.54) is 89.9 Å². The Balaban J connectivity index is 2.73. The predicted molar refractivity (Wildman–Crippen MR) is 243 cm³/mol. The van der Waals surface area contributed by atoms with E-state index in [0.717, 1.165) is 64.2 Å². The predicted octanol–water partition coefficient (Wildman–Crippen LogP) is 8.51. The van der Waals surface area contributed by atoms with E-state index in [1.807, 2.05) is 0 Å². The highest BCUT2D eigenvalue weighted by molar-refractivity contribution is 7.47. The van der Waals surface area contributed by atoms with Gasteiger partial charge in [-0.05, 0) is 38.5 Å². The van der Waals surface area contributed by atoms with E-state index in [-0.39, 0.29) is 12.8 Å². The average molecular weight is 997 g/mol. The van der Waals surface area contributed by atoms with Crippen molar-refractivity contribution in [2.45, 2.75) is 236 Å². The smallest absolute Gasteiger partial charge is 0.462 e. The van der Waals surface area contributed by atoms with Gasteiger partial charge in [-0.25, -0.2) is 13.7 Å². The van der Waals surface area contributed by atoms with Gasteiger partial charge in [0.2, 0.25) is 0 Å². The van der Waals surface area contributed by atoms with Crippen LogP contribution in [0, 0.1) is 0 Å². The Morgan fingerprint density at radius 1 is 0.477 bits per heavy atom. The highest BCUT2D eigenvalue weighted by Crippen LogP contribution is 2.51. The minimum Gasteiger partial charge on any atom is -0.462 e.